The lowest BCUT2D eigenvalue weighted by molar-refractivity contribution is -0.141. The number of rotatable bonds is 3. The molecule has 1 aromatic rings. The highest BCUT2D eigenvalue weighted by Crippen LogP contribution is 2.36. The van der Waals surface area contributed by atoms with Crippen LogP contribution >= 0.6 is 0 Å². The van der Waals surface area contributed by atoms with Crippen LogP contribution in [-0.2, 0) is 20.8 Å². The van der Waals surface area contributed by atoms with Crippen LogP contribution in [0.5, 0.6) is 0 Å². The molecule has 0 amide bonds. The molecular weight excluding hydrogens is 315 g/mol. The third kappa shape index (κ3) is 3.36. The zero-order valence-corrected chi connectivity index (χ0v) is 11.8. The Morgan fingerprint density at radius 3 is 2.62 bits per heavy atom. The summed E-state index contributed by atoms with van der Waals surface area (Å²) >= 11 is 0. The van der Waals surface area contributed by atoms with Crippen LogP contribution in [0.3, 0.4) is 0 Å². The minimum Gasteiger partial charge on any atom is -0.460 e. The Morgan fingerprint density at radius 2 is 2.14 bits per heavy atom. The second-order valence-electron chi connectivity index (χ2n) is 4.55. The number of ether oxygens (including phenoxy) is 1. The van der Waals surface area contributed by atoms with E-state index in [2.05, 4.69) is 9.72 Å². The maximum Gasteiger partial charge on any atom is 0.437 e. The normalized spacial score (nSPS) is 21.4. The fourth-order valence-electron chi connectivity index (χ4n) is 2.03. The van der Waals surface area contributed by atoms with Gasteiger partial charge in [-0.25, -0.2) is 18.2 Å². The van der Waals surface area contributed by atoms with Crippen LogP contribution in [-0.4, -0.2) is 37.5 Å². The van der Waals surface area contributed by atoms with Gasteiger partial charge in [-0.3, -0.25) is 0 Å². The summed E-state index contributed by atoms with van der Waals surface area (Å²) in [6, 6.07) is 0. The van der Waals surface area contributed by atoms with E-state index in [1.165, 1.54) is 6.92 Å². The van der Waals surface area contributed by atoms with Gasteiger partial charge in [-0.15, -0.1) is 0 Å². The largest absolute Gasteiger partial charge is 0.460 e. The average Bonchev–Trinajstić information content (AvgIpc) is 2.92. The predicted octanol–water partition coefficient (Wildman–Crippen LogP) is 1.77. The highest BCUT2D eigenvalue weighted by molar-refractivity contribution is 7.91. The fraction of sp³-hybridized carbons (Fsp3) is 0.636. The van der Waals surface area contributed by atoms with Crippen molar-refractivity contribution < 1.29 is 35.5 Å². The first-order chi connectivity index (χ1) is 9.64. The standard InChI is InChI=1S/C11H12F3NO5S/c1-2-19-10(16)7-8(11(12,13)14)15-9(20-7)6-3-4-21(17,18)5-6/h6H,2-5H2,1H3. The highest BCUT2D eigenvalue weighted by Gasteiger charge is 2.43. The first-order valence-corrected chi connectivity index (χ1v) is 7.91. The highest BCUT2D eigenvalue weighted by atomic mass is 32.2. The molecule has 21 heavy (non-hydrogen) atoms. The minimum absolute atomic E-state index is 0.114. The van der Waals surface area contributed by atoms with Gasteiger partial charge in [0.05, 0.1) is 24.0 Å². The second-order valence-corrected chi connectivity index (χ2v) is 6.78. The minimum atomic E-state index is -4.89. The molecule has 1 aliphatic heterocycles. The van der Waals surface area contributed by atoms with Crippen molar-refractivity contribution in [3.8, 4) is 0 Å². The Balaban J connectivity index is 2.39. The number of carbonyl (C=O) groups excluding carboxylic acids is 1. The number of sulfone groups is 1. The first kappa shape index (κ1) is 15.8. The van der Waals surface area contributed by atoms with Crippen molar-refractivity contribution in [2.24, 2.45) is 0 Å². The molecule has 2 heterocycles. The molecule has 118 valence electrons. The number of hydrogen-bond donors (Lipinski definition) is 0. The number of hydrogen-bond acceptors (Lipinski definition) is 6. The third-order valence-corrected chi connectivity index (χ3v) is 4.72. The van der Waals surface area contributed by atoms with Crippen LogP contribution in [0.15, 0.2) is 4.42 Å². The van der Waals surface area contributed by atoms with E-state index in [-0.39, 0.29) is 24.5 Å². The molecule has 1 aliphatic rings. The Bertz CT molecular complexity index is 649. The molecule has 0 aromatic carbocycles. The molecule has 1 fully saturated rings. The number of oxazole rings is 1. The summed E-state index contributed by atoms with van der Waals surface area (Å²) in [6.45, 7) is 1.32. The summed E-state index contributed by atoms with van der Waals surface area (Å²) in [7, 11) is -3.31. The molecule has 0 spiro atoms. The Kier molecular flexibility index (Phi) is 4.00. The van der Waals surface area contributed by atoms with Crippen LogP contribution in [0.4, 0.5) is 13.2 Å². The fourth-order valence-corrected chi connectivity index (χ4v) is 3.76. The molecule has 2 rings (SSSR count). The summed E-state index contributed by atoms with van der Waals surface area (Å²) in [5.41, 5.74) is -1.49. The van der Waals surface area contributed by atoms with E-state index in [0.717, 1.165) is 0 Å². The molecule has 1 unspecified atom stereocenters. The maximum absolute atomic E-state index is 12.9. The van der Waals surface area contributed by atoms with Gasteiger partial charge in [-0.05, 0) is 13.3 Å². The Labute approximate surface area is 118 Å². The molecule has 6 nitrogen and oxygen atoms in total. The van der Waals surface area contributed by atoms with E-state index in [1.54, 1.807) is 0 Å². The molecular formula is C11H12F3NO5S. The third-order valence-electron chi connectivity index (χ3n) is 2.95. The first-order valence-electron chi connectivity index (χ1n) is 6.09. The quantitative estimate of drug-likeness (QED) is 0.787. The number of aromatic nitrogens is 1. The van der Waals surface area contributed by atoms with Crippen molar-refractivity contribution in [3.63, 3.8) is 0 Å². The number of nitrogens with zero attached hydrogens (tertiary/aromatic N) is 1. The second kappa shape index (κ2) is 5.32. The predicted molar refractivity (Wildman–Crippen MR) is 63.5 cm³/mol. The van der Waals surface area contributed by atoms with E-state index in [0.29, 0.717) is 0 Å². The van der Waals surface area contributed by atoms with Gasteiger partial charge in [0.2, 0.25) is 5.76 Å². The SMILES string of the molecule is CCOC(=O)c1oc(C2CCS(=O)(=O)C2)nc1C(F)(F)F. The molecule has 10 heteroatoms. The lowest BCUT2D eigenvalue weighted by atomic mass is 10.1. The van der Waals surface area contributed by atoms with Gasteiger partial charge in [0.25, 0.3) is 0 Å². The molecule has 1 atom stereocenters. The number of halogens is 3. The van der Waals surface area contributed by atoms with Crippen molar-refractivity contribution in [1.29, 1.82) is 0 Å². The van der Waals surface area contributed by atoms with Crippen LogP contribution in [0.1, 0.15) is 41.4 Å². The van der Waals surface area contributed by atoms with Crippen molar-refractivity contribution in [2.75, 3.05) is 18.1 Å². The van der Waals surface area contributed by atoms with Crippen LogP contribution in [0.2, 0.25) is 0 Å². The van der Waals surface area contributed by atoms with Crippen molar-refractivity contribution in [3.05, 3.63) is 17.3 Å². The Morgan fingerprint density at radius 1 is 1.48 bits per heavy atom. The van der Waals surface area contributed by atoms with E-state index < -0.39 is 45.2 Å². The van der Waals surface area contributed by atoms with E-state index in [1.807, 2.05) is 0 Å². The van der Waals surface area contributed by atoms with E-state index in [9.17, 15) is 26.4 Å². The van der Waals surface area contributed by atoms with E-state index in [4.69, 9.17) is 4.42 Å². The van der Waals surface area contributed by atoms with Gasteiger partial charge >= 0.3 is 12.1 Å². The smallest absolute Gasteiger partial charge is 0.437 e. The maximum atomic E-state index is 12.9. The lowest BCUT2D eigenvalue weighted by Gasteiger charge is -2.03. The molecule has 0 radical (unpaired) electrons. The van der Waals surface area contributed by atoms with Gasteiger partial charge < -0.3 is 9.15 Å². The zero-order valence-electron chi connectivity index (χ0n) is 10.9. The van der Waals surface area contributed by atoms with Crippen LogP contribution in [0, 0.1) is 0 Å². The molecule has 0 N–H and O–H groups in total. The molecule has 1 aromatic heterocycles. The monoisotopic (exact) mass is 327 g/mol. The van der Waals surface area contributed by atoms with Gasteiger partial charge in [-0.2, -0.15) is 13.2 Å². The van der Waals surface area contributed by atoms with E-state index >= 15 is 0 Å². The zero-order chi connectivity index (χ0) is 15.8. The summed E-state index contributed by atoms with van der Waals surface area (Å²) in [4.78, 5) is 14.8. The van der Waals surface area contributed by atoms with Crippen LogP contribution < -0.4 is 0 Å². The van der Waals surface area contributed by atoms with Crippen LogP contribution in [0.25, 0.3) is 0 Å². The average molecular weight is 327 g/mol. The van der Waals surface area contributed by atoms with Crippen molar-refractivity contribution in [1.82, 2.24) is 4.98 Å². The topological polar surface area (TPSA) is 86.5 Å². The lowest BCUT2D eigenvalue weighted by Crippen LogP contribution is -2.14. The number of carbonyl (C=O) groups is 1. The van der Waals surface area contributed by atoms with Crippen molar-refractivity contribution in [2.45, 2.75) is 25.4 Å². The van der Waals surface area contributed by atoms with Gasteiger partial charge in [0.1, 0.15) is 0 Å². The molecule has 1 saturated heterocycles. The van der Waals surface area contributed by atoms with Gasteiger partial charge in [0, 0.05) is 0 Å². The number of esters is 1. The van der Waals surface area contributed by atoms with Gasteiger partial charge in [-0.1, -0.05) is 0 Å². The molecule has 0 saturated carbocycles. The summed E-state index contributed by atoms with van der Waals surface area (Å²) in [5, 5.41) is 0. The molecule has 0 bridgehead atoms. The summed E-state index contributed by atoms with van der Waals surface area (Å²) in [5.74, 6) is -3.97. The van der Waals surface area contributed by atoms with Gasteiger partial charge in [0.15, 0.2) is 21.4 Å². The molecule has 0 aliphatic carbocycles. The number of alkyl halides is 3. The summed E-state index contributed by atoms with van der Waals surface area (Å²) < 4.78 is 70.6. The van der Waals surface area contributed by atoms with Crippen molar-refractivity contribution >= 4 is 15.8 Å². The summed E-state index contributed by atoms with van der Waals surface area (Å²) in [6.07, 6.45) is -4.77. The Hall–Kier alpha value is -1.58.